The van der Waals surface area contributed by atoms with Gasteiger partial charge in [-0.15, -0.1) is 0 Å². The van der Waals surface area contributed by atoms with Crippen LogP contribution in [0.5, 0.6) is 0 Å². The van der Waals surface area contributed by atoms with E-state index in [1.165, 1.54) is 12.1 Å². The number of sulfone groups is 1. The topological polar surface area (TPSA) is 69.4 Å². The summed E-state index contributed by atoms with van der Waals surface area (Å²) < 4.78 is 32.7. The highest BCUT2D eigenvalue weighted by atomic mass is 79.9. The summed E-state index contributed by atoms with van der Waals surface area (Å²) in [5, 5.41) is -0.235. The molecule has 1 saturated carbocycles. The Kier molecular flexibility index (Phi) is 5.28. The van der Waals surface area contributed by atoms with Crippen molar-refractivity contribution in [3.05, 3.63) is 63.6 Å². The minimum Gasteiger partial charge on any atom is -0.380 e. The van der Waals surface area contributed by atoms with E-state index < -0.39 is 20.6 Å². The van der Waals surface area contributed by atoms with Crippen LogP contribution < -0.4 is 5.73 Å². The van der Waals surface area contributed by atoms with Gasteiger partial charge in [0, 0.05) is 22.0 Å². The second-order valence-corrected chi connectivity index (χ2v) is 9.62. The van der Waals surface area contributed by atoms with Crippen LogP contribution in [0.3, 0.4) is 0 Å². The van der Waals surface area contributed by atoms with E-state index in [1.807, 2.05) is 31.2 Å². The largest absolute Gasteiger partial charge is 0.380 e. The Morgan fingerprint density at radius 1 is 1.16 bits per heavy atom. The van der Waals surface area contributed by atoms with Gasteiger partial charge in [0.25, 0.3) is 0 Å². The molecule has 0 aromatic heterocycles. The number of ether oxygens (including phenoxy) is 1. The molecule has 0 saturated heterocycles. The highest BCUT2D eigenvalue weighted by Crippen LogP contribution is 2.55. The number of hydrogen-bond donors (Lipinski definition) is 1. The Morgan fingerprint density at radius 3 is 2.32 bits per heavy atom. The van der Waals surface area contributed by atoms with Crippen molar-refractivity contribution in [3.63, 3.8) is 0 Å². The Balaban J connectivity index is 1.99. The molecule has 1 aliphatic carbocycles. The van der Waals surface area contributed by atoms with Crippen molar-refractivity contribution in [2.24, 2.45) is 5.73 Å². The molecule has 134 valence electrons. The predicted molar refractivity (Wildman–Crippen MR) is 103 cm³/mol. The number of hydrogen-bond acceptors (Lipinski definition) is 4. The molecule has 2 N–H and O–H groups in total. The molecule has 3 atom stereocenters. The van der Waals surface area contributed by atoms with Crippen LogP contribution >= 0.6 is 27.5 Å². The van der Waals surface area contributed by atoms with E-state index in [4.69, 9.17) is 22.1 Å². The lowest BCUT2D eigenvalue weighted by atomic mass is 10.1. The van der Waals surface area contributed by atoms with E-state index in [9.17, 15) is 8.42 Å². The van der Waals surface area contributed by atoms with Crippen molar-refractivity contribution in [2.75, 3.05) is 13.2 Å². The van der Waals surface area contributed by atoms with Crippen LogP contribution in [0.2, 0.25) is 5.02 Å². The average Bonchev–Trinajstić information content (AvgIpc) is 3.21. The molecule has 0 heterocycles. The third-order valence-corrected chi connectivity index (χ3v) is 7.65. The van der Waals surface area contributed by atoms with Crippen LogP contribution in [0.15, 0.2) is 57.9 Å². The lowest BCUT2D eigenvalue weighted by Crippen LogP contribution is -2.36. The summed E-state index contributed by atoms with van der Waals surface area (Å²) >= 11 is 9.27. The summed E-state index contributed by atoms with van der Waals surface area (Å²) in [7, 11) is -3.60. The number of halogens is 2. The van der Waals surface area contributed by atoms with Gasteiger partial charge in [-0.05, 0) is 48.9 Å². The standard InChI is InChI=1S/C18H19BrClNO3S/c1-2-24-11-18(21)16(12-3-5-13(19)6-4-12)17(18)25(22,23)15-9-7-14(20)8-10-15/h3-10,16-17H,2,11,21H2,1H3/t16-,17+,18-/m1/s1. The Bertz CT molecular complexity index is 855. The van der Waals surface area contributed by atoms with Gasteiger partial charge in [0.05, 0.1) is 22.3 Å². The van der Waals surface area contributed by atoms with Crippen molar-refractivity contribution >= 4 is 37.4 Å². The molecule has 0 radical (unpaired) electrons. The Morgan fingerprint density at radius 2 is 1.76 bits per heavy atom. The van der Waals surface area contributed by atoms with E-state index in [0.29, 0.717) is 11.6 Å². The number of nitrogens with two attached hydrogens (primary N) is 1. The molecule has 25 heavy (non-hydrogen) atoms. The molecule has 0 aliphatic heterocycles. The van der Waals surface area contributed by atoms with Gasteiger partial charge in [-0.2, -0.15) is 0 Å². The molecule has 2 aromatic rings. The lowest BCUT2D eigenvalue weighted by molar-refractivity contribution is 0.125. The lowest BCUT2D eigenvalue weighted by Gasteiger charge is -2.12. The molecule has 0 amide bonds. The second-order valence-electron chi connectivity index (χ2n) is 6.20. The first-order chi connectivity index (χ1) is 11.8. The van der Waals surface area contributed by atoms with E-state index >= 15 is 0 Å². The summed E-state index contributed by atoms with van der Waals surface area (Å²) in [5.74, 6) is -0.312. The monoisotopic (exact) mass is 443 g/mol. The molecular formula is C18H19BrClNO3S. The normalized spacial score (nSPS) is 25.8. The third-order valence-electron chi connectivity index (χ3n) is 4.56. The molecule has 3 rings (SSSR count). The average molecular weight is 445 g/mol. The molecule has 1 aliphatic rings. The second kappa shape index (κ2) is 7.00. The van der Waals surface area contributed by atoms with Gasteiger partial charge in [-0.1, -0.05) is 39.7 Å². The van der Waals surface area contributed by atoms with Crippen LogP contribution in [0, 0.1) is 0 Å². The van der Waals surface area contributed by atoms with E-state index in [2.05, 4.69) is 15.9 Å². The fraction of sp³-hybridized carbons (Fsp3) is 0.333. The van der Waals surface area contributed by atoms with Crippen molar-refractivity contribution in [3.8, 4) is 0 Å². The molecule has 2 aromatic carbocycles. The maximum absolute atomic E-state index is 13.1. The fourth-order valence-electron chi connectivity index (χ4n) is 3.27. The molecule has 4 nitrogen and oxygen atoms in total. The highest BCUT2D eigenvalue weighted by molar-refractivity contribution is 9.10. The minimum atomic E-state index is -3.60. The van der Waals surface area contributed by atoms with E-state index in [1.54, 1.807) is 12.1 Å². The van der Waals surface area contributed by atoms with Gasteiger partial charge in [0.2, 0.25) is 0 Å². The zero-order valence-corrected chi connectivity index (χ0v) is 16.8. The van der Waals surface area contributed by atoms with Crippen LogP contribution in [-0.4, -0.2) is 32.4 Å². The molecule has 7 heteroatoms. The first-order valence-electron chi connectivity index (χ1n) is 7.92. The molecule has 0 bridgehead atoms. The van der Waals surface area contributed by atoms with Gasteiger partial charge in [-0.3, -0.25) is 0 Å². The molecular weight excluding hydrogens is 426 g/mol. The fourth-order valence-corrected chi connectivity index (χ4v) is 5.95. The van der Waals surface area contributed by atoms with Crippen molar-refractivity contribution in [1.29, 1.82) is 0 Å². The Hall–Kier alpha value is -0.920. The summed E-state index contributed by atoms with van der Waals surface area (Å²) in [6.45, 7) is 2.55. The van der Waals surface area contributed by atoms with Crippen LogP contribution in [0.1, 0.15) is 18.4 Å². The SMILES string of the molecule is CCOC[C@@]1(N)[C@H](c2ccc(Br)cc2)[C@@H]1S(=O)(=O)c1ccc(Cl)cc1. The highest BCUT2D eigenvalue weighted by Gasteiger charge is 2.69. The van der Waals surface area contributed by atoms with Gasteiger partial charge < -0.3 is 10.5 Å². The Labute approximate surface area is 161 Å². The first-order valence-corrected chi connectivity index (χ1v) is 10.6. The summed E-state index contributed by atoms with van der Waals surface area (Å²) in [5.41, 5.74) is 6.46. The van der Waals surface area contributed by atoms with Crippen molar-refractivity contribution < 1.29 is 13.2 Å². The van der Waals surface area contributed by atoms with Crippen LogP contribution in [-0.2, 0) is 14.6 Å². The van der Waals surface area contributed by atoms with Gasteiger partial charge >= 0.3 is 0 Å². The van der Waals surface area contributed by atoms with E-state index in [0.717, 1.165) is 10.0 Å². The molecule has 1 fully saturated rings. The van der Waals surface area contributed by atoms with Crippen molar-refractivity contribution in [1.82, 2.24) is 0 Å². The van der Waals surface area contributed by atoms with Crippen molar-refractivity contribution in [2.45, 2.75) is 28.5 Å². The smallest absolute Gasteiger partial charge is 0.183 e. The molecule has 0 unspecified atom stereocenters. The summed E-state index contributed by atoms with van der Waals surface area (Å²) in [6, 6.07) is 13.8. The number of benzene rings is 2. The molecule has 0 spiro atoms. The van der Waals surface area contributed by atoms with E-state index in [-0.39, 0.29) is 17.4 Å². The zero-order chi connectivity index (χ0) is 18.2. The first kappa shape index (κ1) is 18.9. The summed E-state index contributed by atoms with van der Waals surface area (Å²) in [4.78, 5) is 0.229. The van der Waals surface area contributed by atoms with Crippen LogP contribution in [0.25, 0.3) is 0 Å². The van der Waals surface area contributed by atoms with Crippen LogP contribution in [0.4, 0.5) is 0 Å². The maximum atomic E-state index is 13.1. The maximum Gasteiger partial charge on any atom is 0.183 e. The summed E-state index contributed by atoms with van der Waals surface area (Å²) in [6.07, 6.45) is 0. The van der Waals surface area contributed by atoms with Gasteiger partial charge in [0.15, 0.2) is 9.84 Å². The quantitative estimate of drug-likeness (QED) is 0.736. The zero-order valence-electron chi connectivity index (χ0n) is 13.7. The predicted octanol–water partition coefficient (Wildman–Crippen LogP) is 3.78. The third kappa shape index (κ3) is 3.51. The van der Waals surface area contributed by atoms with Gasteiger partial charge in [0.1, 0.15) is 0 Å². The minimum absolute atomic E-state index is 0.196. The number of rotatable bonds is 6. The van der Waals surface area contributed by atoms with Gasteiger partial charge in [-0.25, -0.2) is 8.42 Å².